The minimum Gasteiger partial charge on any atom is -0.497 e. The van der Waals surface area contributed by atoms with Gasteiger partial charge >= 0.3 is 0 Å². The molecule has 100 valence electrons. The van der Waals surface area contributed by atoms with Crippen molar-refractivity contribution in [2.75, 3.05) is 12.8 Å². The molecule has 2 aromatic rings. The van der Waals surface area contributed by atoms with Crippen LogP contribution in [0.4, 0.5) is 5.69 Å². The number of ether oxygens (including phenoxy) is 1. The van der Waals surface area contributed by atoms with Gasteiger partial charge in [-0.25, -0.2) is 0 Å². The van der Waals surface area contributed by atoms with Crippen LogP contribution in [0.1, 0.15) is 16.7 Å². The minimum atomic E-state index is 0.755. The van der Waals surface area contributed by atoms with Crippen LogP contribution in [0.3, 0.4) is 0 Å². The number of hydrogen-bond acceptors (Lipinski definition) is 3. The van der Waals surface area contributed by atoms with Crippen molar-refractivity contribution in [3.8, 4) is 5.75 Å². The van der Waals surface area contributed by atoms with E-state index in [4.69, 9.17) is 10.5 Å². The molecule has 0 aliphatic heterocycles. The monoisotopic (exact) mass is 273 g/mol. The quantitative estimate of drug-likeness (QED) is 0.836. The Hall–Kier alpha value is -1.61. The Morgan fingerprint density at radius 3 is 2.58 bits per heavy atom. The van der Waals surface area contributed by atoms with Crippen molar-refractivity contribution in [3.05, 3.63) is 59.2 Å². The number of nitrogen functional groups attached to an aromatic ring is 1. The molecule has 2 aromatic carbocycles. The van der Waals surface area contributed by atoms with Gasteiger partial charge in [0.05, 0.1) is 7.11 Å². The van der Waals surface area contributed by atoms with Crippen LogP contribution >= 0.6 is 11.8 Å². The summed E-state index contributed by atoms with van der Waals surface area (Å²) in [6, 6.07) is 14.5. The first kappa shape index (κ1) is 13.8. The lowest BCUT2D eigenvalue weighted by Crippen LogP contribution is -1.92. The number of nitrogens with two attached hydrogens (primary N) is 1. The second kappa shape index (κ2) is 6.53. The van der Waals surface area contributed by atoms with E-state index in [1.165, 1.54) is 16.7 Å². The summed E-state index contributed by atoms with van der Waals surface area (Å²) in [6.07, 6.45) is 0. The molecule has 0 unspecified atom stereocenters. The predicted molar refractivity (Wildman–Crippen MR) is 83.6 cm³/mol. The van der Waals surface area contributed by atoms with Crippen molar-refractivity contribution in [1.82, 2.24) is 0 Å². The Kier molecular flexibility index (Phi) is 4.74. The van der Waals surface area contributed by atoms with Gasteiger partial charge in [-0.15, -0.1) is 0 Å². The highest BCUT2D eigenvalue weighted by atomic mass is 32.2. The molecule has 3 heteroatoms. The molecule has 0 radical (unpaired) electrons. The van der Waals surface area contributed by atoms with Crippen LogP contribution in [0.15, 0.2) is 42.5 Å². The van der Waals surface area contributed by atoms with Crippen molar-refractivity contribution in [3.63, 3.8) is 0 Å². The van der Waals surface area contributed by atoms with Gasteiger partial charge in [-0.05, 0) is 30.2 Å². The Morgan fingerprint density at radius 2 is 1.84 bits per heavy atom. The van der Waals surface area contributed by atoms with Crippen LogP contribution in [0.5, 0.6) is 5.75 Å². The smallest absolute Gasteiger partial charge is 0.121 e. The van der Waals surface area contributed by atoms with Crippen LogP contribution in [0.2, 0.25) is 0 Å². The minimum absolute atomic E-state index is 0.755. The second-order valence-corrected chi connectivity index (χ2v) is 5.58. The van der Waals surface area contributed by atoms with Gasteiger partial charge in [0.2, 0.25) is 0 Å². The van der Waals surface area contributed by atoms with Gasteiger partial charge in [-0.1, -0.05) is 29.8 Å². The molecule has 2 nitrogen and oxygen atoms in total. The van der Waals surface area contributed by atoms with Gasteiger partial charge in [0.15, 0.2) is 0 Å². The molecule has 0 saturated heterocycles. The third-order valence-electron chi connectivity index (χ3n) is 2.84. The number of thioether (sulfide) groups is 1. The zero-order valence-electron chi connectivity index (χ0n) is 11.3. The largest absolute Gasteiger partial charge is 0.497 e. The predicted octanol–water partition coefficient (Wildman–Crippen LogP) is 4.02. The van der Waals surface area contributed by atoms with E-state index in [-0.39, 0.29) is 0 Å². The van der Waals surface area contributed by atoms with Gasteiger partial charge < -0.3 is 10.5 Å². The molecule has 0 aliphatic carbocycles. The zero-order valence-corrected chi connectivity index (χ0v) is 12.2. The first-order valence-corrected chi connectivity index (χ1v) is 7.39. The second-order valence-electron chi connectivity index (χ2n) is 4.60. The summed E-state index contributed by atoms with van der Waals surface area (Å²) in [7, 11) is 1.67. The highest BCUT2D eigenvalue weighted by molar-refractivity contribution is 7.97. The summed E-state index contributed by atoms with van der Waals surface area (Å²) in [5.41, 5.74) is 10.5. The fourth-order valence-electron chi connectivity index (χ4n) is 1.98. The van der Waals surface area contributed by atoms with Gasteiger partial charge in [0, 0.05) is 23.3 Å². The number of methoxy groups -OCH3 is 1. The van der Waals surface area contributed by atoms with E-state index in [0.717, 1.165) is 22.9 Å². The molecule has 0 bridgehead atoms. The Bertz CT molecular complexity index is 554. The van der Waals surface area contributed by atoms with E-state index < -0.39 is 0 Å². The summed E-state index contributed by atoms with van der Waals surface area (Å²) in [4.78, 5) is 0. The zero-order chi connectivity index (χ0) is 13.7. The van der Waals surface area contributed by atoms with Crippen molar-refractivity contribution >= 4 is 17.4 Å². The molecule has 0 saturated carbocycles. The molecule has 0 amide bonds. The number of benzene rings is 2. The van der Waals surface area contributed by atoms with Crippen molar-refractivity contribution in [2.45, 2.75) is 18.4 Å². The SMILES string of the molecule is COc1cc(N)cc(CSCc2cccc(C)c2)c1. The Labute approximate surface area is 119 Å². The molecule has 0 aliphatic rings. The van der Waals surface area contributed by atoms with E-state index in [1.54, 1.807) is 7.11 Å². The number of hydrogen-bond donors (Lipinski definition) is 1. The maximum Gasteiger partial charge on any atom is 0.121 e. The van der Waals surface area contributed by atoms with Crippen molar-refractivity contribution < 1.29 is 4.74 Å². The molecule has 0 atom stereocenters. The van der Waals surface area contributed by atoms with E-state index in [9.17, 15) is 0 Å². The molecule has 2 N–H and O–H groups in total. The van der Waals surface area contributed by atoms with E-state index in [2.05, 4.69) is 31.2 Å². The first-order valence-electron chi connectivity index (χ1n) is 6.24. The van der Waals surface area contributed by atoms with Crippen LogP contribution in [-0.4, -0.2) is 7.11 Å². The maximum atomic E-state index is 5.85. The average molecular weight is 273 g/mol. The fraction of sp³-hybridized carbons (Fsp3) is 0.250. The van der Waals surface area contributed by atoms with Crippen LogP contribution in [0.25, 0.3) is 0 Å². The first-order chi connectivity index (χ1) is 9.17. The summed E-state index contributed by atoms with van der Waals surface area (Å²) in [5.74, 6) is 2.78. The standard InChI is InChI=1S/C16H19NOS/c1-12-4-3-5-13(6-12)10-19-11-14-7-15(17)9-16(8-14)18-2/h3-9H,10-11,17H2,1-2H3. The average Bonchev–Trinajstić information content (AvgIpc) is 2.38. The van der Waals surface area contributed by atoms with Crippen LogP contribution in [0, 0.1) is 6.92 Å². The topological polar surface area (TPSA) is 35.2 Å². The van der Waals surface area contributed by atoms with Crippen molar-refractivity contribution in [1.29, 1.82) is 0 Å². The Balaban J connectivity index is 1.94. The van der Waals surface area contributed by atoms with Crippen LogP contribution < -0.4 is 10.5 Å². The van der Waals surface area contributed by atoms with Gasteiger partial charge in [0.1, 0.15) is 5.75 Å². The fourth-order valence-corrected chi connectivity index (χ4v) is 2.90. The highest BCUT2D eigenvalue weighted by Crippen LogP contribution is 2.24. The third kappa shape index (κ3) is 4.21. The number of anilines is 1. The molecule has 0 heterocycles. The summed E-state index contributed by atoms with van der Waals surface area (Å²) >= 11 is 1.88. The van der Waals surface area contributed by atoms with E-state index >= 15 is 0 Å². The van der Waals surface area contributed by atoms with E-state index in [0.29, 0.717) is 0 Å². The highest BCUT2D eigenvalue weighted by Gasteiger charge is 2.00. The number of rotatable bonds is 5. The maximum absolute atomic E-state index is 5.85. The molecular formula is C16H19NOS. The van der Waals surface area contributed by atoms with Crippen LogP contribution in [-0.2, 0) is 11.5 Å². The lowest BCUT2D eigenvalue weighted by atomic mass is 10.2. The Morgan fingerprint density at radius 1 is 1.05 bits per heavy atom. The van der Waals surface area contributed by atoms with Gasteiger partial charge in [0.25, 0.3) is 0 Å². The van der Waals surface area contributed by atoms with Gasteiger partial charge in [-0.2, -0.15) is 11.8 Å². The molecule has 0 spiro atoms. The molecule has 19 heavy (non-hydrogen) atoms. The summed E-state index contributed by atoms with van der Waals surface area (Å²) in [6.45, 7) is 2.12. The van der Waals surface area contributed by atoms with Gasteiger partial charge in [-0.3, -0.25) is 0 Å². The lowest BCUT2D eigenvalue weighted by molar-refractivity contribution is 0.414. The third-order valence-corrected chi connectivity index (χ3v) is 3.92. The van der Waals surface area contributed by atoms with Crippen molar-refractivity contribution in [2.24, 2.45) is 0 Å². The normalized spacial score (nSPS) is 10.4. The summed E-state index contributed by atoms with van der Waals surface area (Å²) in [5, 5.41) is 0. The number of aryl methyl sites for hydroxylation is 1. The van der Waals surface area contributed by atoms with E-state index in [1.807, 2.05) is 30.0 Å². The molecule has 2 rings (SSSR count). The molecular weight excluding hydrogens is 254 g/mol. The summed E-state index contributed by atoms with van der Waals surface area (Å²) < 4.78 is 5.23. The lowest BCUT2D eigenvalue weighted by Gasteiger charge is -2.07. The molecule has 0 aromatic heterocycles. The molecule has 0 fully saturated rings.